The molecule has 7 aliphatic heterocycles. The molecular weight excluding hydrogens is 1020 g/mol. The fraction of sp³-hybridized carbons (Fsp3) is 1.00. The van der Waals surface area contributed by atoms with E-state index in [1.54, 1.807) is 0 Å². The number of alkyl halides is 1. The standard InChI is InChI=1S/C10H21N.C9H19N.C8H16FN.2C8H17N.2C7H15N.C7H16O2.C6H13N.CH4/c1-10(2)6-9-11-7-4-3-5-8-11;1-9(2)8-10-6-4-3-5-7-10;1-7(2)5-10-4-3-8(9)6-10;1-8(2)9-6-4-3-5-7-9;1-7(2)9-8-5-3-4-6-8;1-7(2)6-8-4-3-5-8;1-7(2)8-5-3-4-6-8;1-4-7(8)5-9-6(2)3;1-6(2)7-4-3-5-7;/h10H,3-9H2,1-2H3;9H,3-8H2,1-2H3;7-8H,3-6H2,1-2H3;8H,3-7H2,1-2H3;7-9H,3-6H2,1-2H3;2*7H,3-6H2,1-2H3;6-8H,4-5H2,1-3H3;6H,3-5H2,1-2H3;1H4. The van der Waals surface area contributed by atoms with Crippen LogP contribution >= 0.6 is 0 Å². The molecule has 1 aliphatic carbocycles. The number of hydrogen-bond acceptors (Lipinski definition) is 10. The third-order valence-electron chi connectivity index (χ3n) is 16.6. The maximum absolute atomic E-state index is 12.6. The zero-order chi connectivity index (χ0) is 61.0. The molecule has 0 spiro atoms. The lowest BCUT2D eigenvalue weighted by Crippen LogP contribution is -2.41. The Morgan fingerprint density at radius 3 is 1.06 bits per heavy atom. The zero-order valence-corrected chi connectivity index (χ0v) is 58.4. The fourth-order valence-electron chi connectivity index (χ4n) is 11.4. The summed E-state index contributed by atoms with van der Waals surface area (Å²) in [6.07, 6.45) is 26.5. The molecule has 82 heavy (non-hydrogen) atoms. The van der Waals surface area contributed by atoms with Gasteiger partial charge in [0.25, 0.3) is 0 Å². The van der Waals surface area contributed by atoms with Crippen LogP contribution < -0.4 is 5.32 Å². The molecule has 0 aromatic rings. The van der Waals surface area contributed by atoms with Gasteiger partial charge in [0.2, 0.25) is 0 Å². The fourth-order valence-corrected chi connectivity index (χ4v) is 11.4. The van der Waals surface area contributed by atoms with Crippen molar-refractivity contribution in [1.29, 1.82) is 0 Å². The van der Waals surface area contributed by atoms with E-state index >= 15 is 0 Å². The highest BCUT2D eigenvalue weighted by molar-refractivity contribution is 4.77. The number of piperidine rings is 3. The third-order valence-corrected chi connectivity index (χ3v) is 16.6. The summed E-state index contributed by atoms with van der Waals surface area (Å²) in [7, 11) is 0. The quantitative estimate of drug-likeness (QED) is 0.139. The minimum Gasteiger partial charge on any atom is -0.391 e. The summed E-state index contributed by atoms with van der Waals surface area (Å²) in [6, 6.07) is 3.84. The number of aliphatic hydroxyl groups is 1. The van der Waals surface area contributed by atoms with Crippen molar-refractivity contribution in [1.82, 2.24) is 39.6 Å². The topological polar surface area (TPSA) is 64.2 Å². The normalized spacial score (nSPS) is 21.7. The number of nitrogens with one attached hydrogen (secondary N) is 1. The molecule has 11 heteroatoms. The molecule has 2 unspecified atom stereocenters. The molecule has 8 fully saturated rings. The predicted octanol–water partition coefficient (Wildman–Crippen LogP) is 15.9. The first-order valence-electron chi connectivity index (χ1n) is 35.2. The average Bonchev–Trinajstić information content (AvgIpc) is 4.20. The number of rotatable bonds is 18. The summed E-state index contributed by atoms with van der Waals surface area (Å²) in [5.41, 5.74) is 0. The van der Waals surface area contributed by atoms with Crippen LogP contribution in [-0.4, -0.2) is 212 Å². The lowest BCUT2D eigenvalue weighted by atomic mass is 10.1. The molecule has 496 valence electrons. The molecule has 2 atom stereocenters. The van der Waals surface area contributed by atoms with Crippen LogP contribution in [0.15, 0.2) is 0 Å². The van der Waals surface area contributed by atoms with Crippen LogP contribution in [0.4, 0.5) is 4.39 Å². The van der Waals surface area contributed by atoms with E-state index in [4.69, 9.17) is 9.84 Å². The number of likely N-dealkylation sites (tertiary alicyclic amines) is 7. The van der Waals surface area contributed by atoms with Gasteiger partial charge in [-0.15, -0.1) is 0 Å². The smallest absolute Gasteiger partial charge is 0.114 e. The second kappa shape index (κ2) is 53.5. The molecule has 8 aliphatic rings. The average molecular weight is 1170 g/mol. The Hall–Kier alpha value is -0.470. The van der Waals surface area contributed by atoms with Crippen LogP contribution in [0.2, 0.25) is 0 Å². The van der Waals surface area contributed by atoms with E-state index in [2.05, 4.69) is 150 Å². The van der Waals surface area contributed by atoms with Crippen molar-refractivity contribution >= 4 is 0 Å². The first-order chi connectivity index (χ1) is 38.4. The maximum Gasteiger partial charge on any atom is 0.114 e. The molecule has 7 saturated heterocycles. The van der Waals surface area contributed by atoms with Crippen molar-refractivity contribution in [2.75, 3.05) is 124 Å². The van der Waals surface area contributed by atoms with Gasteiger partial charge in [-0.25, -0.2) is 4.39 Å². The molecule has 0 bridgehead atoms. The first kappa shape index (κ1) is 83.6. The zero-order valence-electron chi connectivity index (χ0n) is 58.4. The lowest BCUT2D eigenvalue weighted by molar-refractivity contribution is 0.00464. The van der Waals surface area contributed by atoms with Gasteiger partial charge in [0.1, 0.15) is 6.17 Å². The molecular formula is C71H153FN8O2. The molecule has 0 aromatic carbocycles. The molecule has 8 rings (SSSR count). The van der Waals surface area contributed by atoms with Gasteiger partial charge in [-0.1, -0.05) is 116 Å². The van der Waals surface area contributed by atoms with Crippen LogP contribution in [0.3, 0.4) is 0 Å². The van der Waals surface area contributed by atoms with E-state index in [1.165, 1.54) is 214 Å². The number of nitrogens with zero attached hydrogens (tertiary/aromatic N) is 7. The molecule has 0 amide bonds. The van der Waals surface area contributed by atoms with E-state index < -0.39 is 6.17 Å². The van der Waals surface area contributed by atoms with Gasteiger partial charge < -0.3 is 49.5 Å². The summed E-state index contributed by atoms with van der Waals surface area (Å²) < 4.78 is 17.7. The van der Waals surface area contributed by atoms with Crippen molar-refractivity contribution in [3.63, 3.8) is 0 Å². The van der Waals surface area contributed by atoms with E-state index in [-0.39, 0.29) is 19.6 Å². The number of halogens is 1. The van der Waals surface area contributed by atoms with E-state index in [0.717, 1.165) is 67.9 Å². The highest BCUT2D eigenvalue weighted by atomic mass is 19.1. The van der Waals surface area contributed by atoms with Crippen molar-refractivity contribution in [3.05, 3.63) is 0 Å². The first-order valence-corrected chi connectivity index (χ1v) is 35.2. The Bertz CT molecular complexity index is 1290. The van der Waals surface area contributed by atoms with Gasteiger partial charge in [-0.3, -0.25) is 0 Å². The predicted molar refractivity (Wildman–Crippen MR) is 364 cm³/mol. The van der Waals surface area contributed by atoms with Gasteiger partial charge >= 0.3 is 0 Å². The second-order valence-corrected chi connectivity index (χ2v) is 28.7. The summed E-state index contributed by atoms with van der Waals surface area (Å²) in [5, 5.41) is 12.5. The van der Waals surface area contributed by atoms with Gasteiger partial charge in [-0.05, 0) is 260 Å². The van der Waals surface area contributed by atoms with E-state index in [9.17, 15) is 4.39 Å². The molecule has 2 N–H and O–H groups in total. The van der Waals surface area contributed by atoms with Crippen LogP contribution in [-0.2, 0) is 4.74 Å². The molecule has 7 heterocycles. The van der Waals surface area contributed by atoms with E-state index in [1.807, 2.05) is 20.8 Å². The van der Waals surface area contributed by atoms with Crippen molar-refractivity contribution in [2.24, 2.45) is 23.7 Å². The third kappa shape index (κ3) is 50.5. The minimum atomic E-state index is -0.557. The monoisotopic (exact) mass is 1170 g/mol. The van der Waals surface area contributed by atoms with Crippen LogP contribution in [0, 0.1) is 23.7 Å². The lowest BCUT2D eigenvalue weighted by Gasteiger charge is -2.34. The summed E-state index contributed by atoms with van der Waals surface area (Å²) in [6.45, 7) is 65.2. The highest BCUT2D eigenvalue weighted by Gasteiger charge is 2.22. The summed E-state index contributed by atoms with van der Waals surface area (Å²) in [4.78, 5) is 17.5. The number of ether oxygens (including phenoxy) is 1. The van der Waals surface area contributed by atoms with Gasteiger partial charge in [0.15, 0.2) is 0 Å². The maximum atomic E-state index is 12.6. The van der Waals surface area contributed by atoms with Crippen molar-refractivity contribution < 1.29 is 14.2 Å². The largest absolute Gasteiger partial charge is 0.391 e. The van der Waals surface area contributed by atoms with Gasteiger partial charge in [0, 0.05) is 62.9 Å². The molecule has 0 aromatic heterocycles. The van der Waals surface area contributed by atoms with Crippen molar-refractivity contribution in [2.45, 2.75) is 316 Å². The number of aliphatic hydroxyl groups excluding tert-OH is 1. The highest BCUT2D eigenvalue weighted by Crippen LogP contribution is 2.19. The summed E-state index contributed by atoms with van der Waals surface area (Å²) in [5.74, 6) is 3.25. The molecule has 0 radical (unpaired) electrons. The summed E-state index contributed by atoms with van der Waals surface area (Å²) >= 11 is 0. The Balaban J connectivity index is 0. The minimum absolute atomic E-state index is 0. The number of hydrogen-bond donors (Lipinski definition) is 2. The Kier molecular flexibility index (Phi) is 54.6. The Morgan fingerprint density at radius 1 is 0.427 bits per heavy atom. The van der Waals surface area contributed by atoms with Crippen LogP contribution in [0.5, 0.6) is 0 Å². The SMILES string of the molecule is C.CC(C)CCN1CCCCC1.CC(C)CN1CCC(F)C1.CC(C)CN1CCC1.CC(C)CN1CCCCC1.CC(C)N1CCC1.CC(C)N1CCCC1.CC(C)N1CCCCC1.CC(C)NC1CCCC1.CCC(O)COC(C)C. The molecule has 10 nitrogen and oxygen atoms in total. The van der Waals surface area contributed by atoms with E-state index in [0.29, 0.717) is 25.1 Å². The van der Waals surface area contributed by atoms with Crippen molar-refractivity contribution in [3.8, 4) is 0 Å². The van der Waals surface area contributed by atoms with Crippen LogP contribution in [0.25, 0.3) is 0 Å². The second-order valence-electron chi connectivity index (χ2n) is 28.7. The molecule has 1 saturated carbocycles. The van der Waals surface area contributed by atoms with Crippen LogP contribution in [0.1, 0.15) is 267 Å². The Morgan fingerprint density at radius 2 is 0.780 bits per heavy atom. The van der Waals surface area contributed by atoms with Gasteiger partial charge in [-0.2, -0.15) is 0 Å². The Labute approximate surface area is 515 Å². The van der Waals surface area contributed by atoms with Gasteiger partial charge in [0.05, 0.1) is 18.8 Å².